The zero-order valence-electron chi connectivity index (χ0n) is 12.6. The van der Waals surface area contributed by atoms with Gasteiger partial charge in [-0.1, -0.05) is 12.1 Å². The Balaban J connectivity index is 1.85. The molecule has 0 saturated carbocycles. The number of nitrogens with zero attached hydrogens (tertiary/aromatic N) is 2. The highest BCUT2D eigenvalue weighted by Crippen LogP contribution is 2.23. The van der Waals surface area contributed by atoms with Crippen molar-refractivity contribution < 1.29 is 9.84 Å². The van der Waals surface area contributed by atoms with E-state index in [1.54, 1.807) is 7.11 Å². The normalized spacial score (nSPS) is 10.8. The fourth-order valence-electron chi connectivity index (χ4n) is 2.12. The lowest BCUT2D eigenvalue weighted by Gasteiger charge is -2.08. The second-order valence-corrected chi connectivity index (χ2v) is 5.77. The number of aromatic hydroxyl groups is 1. The summed E-state index contributed by atoms with van der Waals surface area (Å²) in [4.78, 5) is 4.40. The number of phenols is 1. The van der Waals surface area contributed by atoms with Crippen molar-refractivity contribution in [3.8, 4) is 5.75 Å². The lowest BCUT2D eigenvalue weighted by atomic mass is 10.0. The molecule has 0 aliphatic carbocycles. The zero-order chi connectivity index (χ0) is 15.2. The Bertz CT molecular complexity index is 575. The van der Waals surface area contributed by atoms with Crippen LogP contribution in [-0.2, 0) is 17.6 Å². The second-order valence-electron chi connectivity index (χ2n) is 5.01. The highest BCUT2D eigenvalue weighted by molar-refractivity contribution is 7.09. The highest BCUT2D eigenvalue weighted by Gasteiger charge is 2.05. The minimum absolute atomic E-state index is 0.388. The number of hydrogen-bond donors (Lipinski definition) is 2. The molecular weight excluding hydrogens is 286 g/mol. The first kappa shape index (κ1) is 15.7. The standard InChI is InChI=1S/C15H21N3O2S/c1-10-8-12(9-11(2)14(10)19)4-6-16-15-17-13(18-21-15)5-7-20-3/h8-9,19H,4-7H2,1-3H3,(H,16,17,18). The van der Waals surface area contributed by atoms with Crippen molar-refractivity contribution in [1.29, 1.82) is 0 Å². The second kappa shape index (κ2) is 7.38. The van der Waals surface area contributed by atoms with Gasteiger partial charge in [-0.2, -0.15) is 4.37 Å². The predicted octanol–water partition coefficient (Wildman–Crippen LogP) is 2.70. The Hall–Kier alpha value is -1.66. The Morgan fingerprint density at radius 1 is 1.24 bits per heavy atom. The number of aromatic nitrogens is 2. The minimum Gasteiger partial charge on any atom is -0.507 e. The smallest absolute Gasteiger partial charge is 0.202 e. The highest BCUT2D eigenvalue weighted by atomic mass is 32.1. The summed E-state index contributed by atoms with van der Waals surface area (Å²) in [7, 11) is 1.67. The maximum Gasteiger partial charge on any atom is 0.202 e. The molecule has 0 spiro atoms. The average Bonchev–Trinajstić information content (AvgIpc) is 2.90. The van der Waals surface area contributed by atoms with Gasteiger partial charge in [-0.25, -0.2) is 4.98 Å². The molecule has 0 unspecified atom stereocenters. The number of nitrogens with one attached hydrogen (secondary N) is 1. The summed E-state index contributed by atoms with van der Waals surface area (Å²) in [6.45, 7) is 5.28. The van der Waals surface area contributed by atoms with Crippen LogP contribution in [0.15, 0.2) is 12.1 Å². The fraction of sp³-hybridized carbons (Fsp3) is 0.467. The molecule has 2 aromatic rings. The SMILES string of the molecule is COCCc1nsc(NCCc2cc(C)c(O)c(C)c2)n1. The van der Waals surface area contributed by atoms with E-state index in [2.05, 4.69) is 14.7 Å². The molecule has 1 aromatic carbocycles. The van der Waals surface area contributed by atoms with Gasteiger partial charge in [0.25, 0.3) is 0 Å². The maximum atomic E-state index is 9.77. The van der Waals surface area contributed by atoms with Crippen molar-refractivity contribution in [3.63, 3.8) is 0 Å². The summed E-state index contributed by atoms with van der Waals surface area (Å²) in [5.41, 5.74) is 3.05. The number of rotatable bonds is 7. The monoisotopic (exact) mass is 307 g/mol. The van der Waals surface area contributed by atoms with E-state index >= 15 is 0 Å². The first-order valence-corrected chi connectivity index (χ1v) is 7.72. The van der Waals surface area contributed by atoms with Crippen molar-refractivity contribution >= 4 is 16.7 Å². The first-order chi connectivity index (χ1) is 10.1. The Labute approximate surface area is 129 Å². The van der Waals surface area contributed by atoms with Gasteiger partial charge in [0, 0.05) is 31.6 Å². The molecule has 6 heteroatoms. The van der Waals surface area contributed by atoms with Gasteiger partial charge in [0.15, 0.2) is 0 Å². The number of methoxy groups -OCH3 is 1. The number of benzene rings is 1. The number of hydrogen-bond acceptors (Lipinski definition) is 6. The molecule has 5 nitrogen and oxygen atoms in total. The molecule has 0 amide bonds. The zero-order valence-corrected chi connectivity index (χ0v) is 13.5. The first-order valence-electron chi connectivity index (χ1n) is 6.94. The van der Waals surface area contributed by atoms with Crippen molar-refractivity contribution in [2.45, 2.75) is 26.7 Å². The third-order valence-electron chi connectivity index (χ3n) is 3.24. The molecule has 0 fully saturated rings. The van der Waals surface area contributed by atoms with Crippen LogP contribution in [0.1, 0.15) is 22.5 Å². The van der Waals surface area contributed by atoms with Gasteiger partial charge >= 0.3 is 0 Å². The number of phenolic OH excluding ortho intramolecular Hbond substituents is 1. The van der Waals surface area contributed by atoms with Gasteiger partial charge in [0.1, 0.15) is 11.6 Å². The molecule has 0 atom stereocenters. The summed E-state index contributed by atoms with van der Waals surface area (Å²) in [5.74, 6) is 1.21. The average molecular weight is 307 g/mol. The van der Waals surface area contributed by atoms with E-state index in [4.69, 9.17) is 4.74 Å². The summed E-state index contributed by atoms with van der Waals surface area (Å²) in [5, 5.41) is 13.9. The Morgan fingerprint density at radius 2 is 1.95 bits per heavy atom. The van der Waals surface area contributed by atoms with Gasteiger partial charge < -0.3 is 15.2 Å². The van der Waals surface area contributed by atoms with Crippen molar-refractivity contribution in [2.75, 3.05) is 25.6 Å². The van der Waals surface area contributed by atoms with Crippen LogP contribution in [0.25, 0.3) is 0 Å². The van der Waals surface area contributed by atoms with Crippen LogP contribution in [-0.4, -0.2) is 34.7 Å². The summed E-state index contributed by atoms with van der Waals surface area (Å²) in [6, 6.07) is 4.04. The lowest BCUT2D eigenvalue weighted by Crippen LogP contribution is -2.05. The van der Waals surface area contributed by atoms with E-state index in [0.29, 0.717) is 12.4 Å². The molecule has 1 heterocycles. The molecule has 114 valence electrons. The molecular formula is C15H21N3O2S. The predicted molar refractivity (Wildman–Crippen MR) is 85.3 cm³/mol. The van der Waals surface area contributed by atoms with E-state index in [9.17, 15) is 5.11 Å². The molecule has 21 heavy (non-hydrogen) atoms. The third kappa shape index (κ3) is 4.41. The van der Waals surface area contributed by atoms with Crippen molar-refractivity contribution in [1.82, 2.24) is 9.36 Å². The molecule has 0 radical (unpaired) electrons. The van der Waals surface area contributed by atoms with Crippen molar-refractivity contribution in [2.24, 2.45) is 0 Å². The fourth-order valence-corrected chi connectivity index (χ4v) is 2.76. The molecule has 0 saturated heterocycles. The van der Waals surface area contributed by atoms with Gasteiger partial charge in [-0.05, 0) is 37.0 Å². The largest absolute Gasteiger partial charge is 0.507 e. The molecule has 1 aromatic heterocycles. The summed E-state index contributed by atoms with van der Waals surface area (Å²) in [6.07, 6.45) is 1.62. The van der Waals surface area contributed by atoms with Crippen LogP contribution in [0, 0.1) is 13.8 Å². The number of aryl methyl sites for hydroxylation is 2. The van der Waals surface area contributed by atoms with Crippen LogP contribution in [0.3, 0.4) is 0 Å². The van der Waals surface area contributed by atoms with E-state index in [0.717, 1.165) is 41.5 Å². The third-order valence-corrected chi connectivity index (χ3v) is 3.95. The molecule has 2 rings (SSSR count). The van der Waals surface area contributed by atoms with Crippen LogP contribution in [0.4, 0.5) is 5.13 Å². The summed E-state index contributed by atoms with van der Waals surface area (Å²) >= 11 is 1.38. The maximum absolute atomic E-state index is 9.77. The molecule has 2 N–H and O–H groups in total. The van der Waals surface area contributed by atoms with E-state index in [1.165, 1.54) is 17.1 Å². The quantitative estimate of drug-likeness (QED) is 0.823. The van der Waals surface area contributed by atoms with Gasteiger partial charge in [-0.3, -0.25) is 0 Å². The Morgan fingerprint density at radius 3 is 2.62 bits per heavy atom. The van der Waals surface area contributed by atoms with Crippen LogP contribution in [0.5, 0.6) is 5.75 Å². The van der Waals surface area contributed by atoms with E-state index in [1.807, 2.05) is 26.0 Å². The van der Waals surface area contributed by atoms with Gasteiger partial charge in [-0.15, -0.1) is 0 Å². The lowest BCUT2D eigenvalue weighted by molar-refractivity contribution is 0.201. The minimum atomic E-state index is 0.388. The number of ether oxygens (including phenoxy) is 1. The molecule has 0 aliphatic heterocycles. The molecule has 0 aliphatic rings. The van der Waals surface area contributed by atoms with Crippen LogP contribution >= 0.6 is 11.5 Å². The van der Waals surface area contributed by atoms with Crippen LogP contribution < -0.4 is 5.32 Å². The van der Waals surface area contributed by atoms with E-state index in [-0.39, 0.29) is 0 Å². The molecule has 0 bridgehead atoms. The Kier molecular flexibility index (Phi) is 5.52. The van der Waals surface area contributed by atoms with Crippen LogP contribution in [0.2, 0.25) is 0 Å². The van der Waals surface area contributed by atoms with Crippen molar-refractivity contribution in [3.05, 3.63) is 34.6 Å². The van der Waals surface area contributed by atoms with Gasteiger partial charge in [0.2, 0.25) is 5.13 Å². The van der Waals surface area contributed by atoms with Gasteiger partial charge in [0.05, 0.1) is 6.61 Å². The number of anilines is 1. The topological polar surface area (TPSA) is 67.3 Å². The summed E-state index contributed by atoms with van der Waals surface area (Å²) < 4.78 is 9.28. The van der Waals surface area contributed by atoms with E-state index < -0.39 is 0 Å².